The van der Waals surface area contributed by atoms with Gasteiger partial charge < -0.3 is 5.32 Å². The predicted molar refractivity (Wildman–Crippen MR) is 75.3 cm³/mol. The van der Waals surface area contributed by atoms with Crippen molar-refractivity contribution in [2.24, 2.45) is 0 Å². The molecule has 0 aliphatic rings. The van der Waals surface area contributed by atoms with Crippen molar-refractivity contribution in [3.05, 3.63) is 38.8 Å². The van der Waals surface area contributed by atoms with Gasteiger partial charge in [0.05, 0.1) is 12.2 Å². The molecule has 2 heterocycles. The monoisotopic (exact) mass is 313 g/mol. The fraction of sp³-hybridized carbons (Fsp3) is 0.417. The second kappa shape index (κ2) is 6.33. The van der Waals surface area contributed by atoms with E-state index < -0.39 is 0 Å². The number of aromatic nitrogens is 2. The van der Waals surface area contributed by atoms with Gasteiger partial charge in [0.15, 0.2) is 0 Å². The van der Waals surface area contributed by atoms with E-state index in [2.05, 4.69) is 55.5 Å². The number of thiophene rings is 1. The first-order valence-corrected chi connectivity index (χ1v) is 7.41. The van der Waals surface area contributed by atoms with Gasteiger partial charge in [0.2, 0.25) is 0 Å². The lowest BCUT2D eigenvalue weighted by atomic mass is 10.4. The molecule has 0 radical (unpaired) electrons. The molecular formula is C12H16BrN3S. The summed E-state index contributed by atoms with van der Waals surface area (Å²) in [7, 11) is 0. The molecule has 0 spiro atoms. The number of hydrogen-bond donors (Lipinski definition) is 1. The topological polar surface area (TPSA) is 29.9 Å². The van der Waals surface area contributed by atoms with E-state index in [0.717, 1.165) is 26.1 Å². The van der Waals surface area contributed by atoms with Crippen LogP contribution in [0.25, 0.3) is 0 Å². The van der Waals surface area contributed by atoms with Crippen LogP contribution in [0.5, 0.6) is 0 Å². The lowest BCUT2D eigenvalue weighted by Crippen LogP contribution is -2.17. The van der Waals surface area contributed by atoms with Crippen molar-refractivity contribution in [2.75, 3.05) is 6.54 Å². The Labute approximate surface area is 114 Å². The number of halogens is 1. The molecule has 0 amide bonds. The fourth-order valence-corrected chi connectivity index (χ4v) is 3.08. The standard InChI is InChI=1S/C12H16BrN3S/c1-2-5-14-8-10-3-6-15-16(10)9-12-11(13)4-7-17-12/h3-4,6-7,14H,2,5,8-9H2,1H3. The molecule has 0 bridgehead atoms. The van der Waals surface area contributed by atoms with Gasteiger partial charge in [0.25, 0.3) is 0 Å². The molecule has 1 N–H and O–H groups in total. The van der Waals surface area contributed by atoms with E-state index in [1.165, 1.54) is 15.0 Å². The summed E-state index contributed by atoms with van der Waals surface area (Å²) in [6, 6.07) is 4.16. The summed E-state index contributed by atoms with van der Waals surface area (Å²) in [4.78, 5) is 1.31. The van der Waals surface area contributed by atoms with Crippen LogP contribution in [0.3, 0.4) is 0 Å². The highest BCUT2D eigenvalue weighted by Crippen LogP contribution is 2.23. The van der Waals surface area contributed by atoms with Gasteiger partial charge in [-0.05, 0) is 46.4 Å². The van der Waals surface area contributed by atoms with Crippen molar-refractivity contribution in [2.45, 2.75) is 26.4 Å². The van der Waals surface area contributed by atoms with Crippen molar-refractivity contribution in [3.63, 3.8) is 0 Å². The van der Waals surface area contributed by atoms with E-state index in [4.69, 9.17) is 0 Å². The number of nitrogens with one attached hydrogen (secondary N) is 1. The zero-order chi connectivity index (χ0) is 12.1. The molecule has 92 valence electrons. The number of nitrogens with zero attached hydrogens (tertiary/aromatic N) is 2. The summed E-state index contributed by atoms with van der Waals surface area (Å²) >= 11 is 5.31. The second-order valence-electron chi connectivity index (χ2n) is 3.85. The molecule has 5 heteroatoms. The molecule has 0 fully saturated rings. The lowest BCUT2D eigenvalue weighted by molar-refractivity contribution is 0.595. The molecule has 17 heavy (non-hydrogen) atoms. The normalized spacial score (nSPS) is 10.9. The Morgan fingerprint density at radius 3 is 3.06 bits per heavy atom. The van der Waals surface area contributed by atoms with Crippen LogP contribution in [0.1, 0.15) is 23.9 Å². The maximum absolute atomic E-state index is 4.37. The molecule has 2 aromatic heterocycles. The average Bonchev–Trinajstić information content (AvgIpc) is 2.91. The van der Waals surface area contributed by atoms with E-state index in [0.29, 0.717) is 0 Å². The summed E-state index contributed by atoms with van der Waals surface area (Å²) in [5.74, 6) is 0. The number of rotatable bonds is 6. The Morgan fingerprint density at radius 2 is 2.35 bits per heavy atom. The Balaban J connectivity index is 2.01. The molecule has 0 saturated heterocycles. The molecule has 0 aliphatic heterocycles. The molecule has 0 atom stereocenters. The first-order chi connectivity index (χ1) is 8.31. The molecular weight excluding hydrogens is 298 g/mol. The van der Waals surface area contributed by atoms with Crippen LogP contribution in [0.4, 0.5) is 0 Å². The van der Waals surface area contributed by atoms with Crippen LogP contribution in [0.2, 0.25) is 0 Å². The van der Waals surface area contributed by atoms with Crippen molar-refractivity contribution < 1.29 is 0 Å². The minimum absolute atomic E-state index is 0.842. The average molecular weight is 314 g/mol. The van der Waals surface area contributed by atoms with Gasteiger partial charge in [0.1, 0.15) is 0 Å². The predicted octanol–water partition coefficient (Wildman–Crippen LogP) is 3.26. The largest absolute Gasteiger partial charge is 0.311 e. The van der Waals surface area contributed by atoms with Gasteiger partial charge in [-0.3, -0.25) is 4.68 Å². The molecule has 2 aromatic rings. The minimum atomic E-state index is 0.842. The molecule has 0 aliphatic carbocycles. The van der Waals surface area contributed by atoms with Crippen molar-refractivity contribution in [1.29, 1.82) is 0 Å². The SMILES string of the molecule is CCCNCc1ccnn1Cc1sccc1Br. The highest BCUT2D eigenvalue weighted by Gasteiger charge is 2.06. The van der Waals surface area contributed by atoms with Crippen LogP contribution in [-0.4, -0.2) is 16.3 Å². The molecule has 0 aromatic carbocycles. The van der Waals surface area contributed by atoms with Gasteiger partial charge in [-0.1, -0.05) is 6.92 Å². The van der Waals surface area contributed by atoms with Crippen LogP contribution < -0.4 is 5.32 Å². The summed E-state index contributed by atoms with van der Waals surface area (Å²) < 4.78 is 3.23. The van der Waals surface area contributed by atoms with Crippen LogP contribution in [-0.2, 0) is 13.1 Å². The van der Waals surface area contributed by atoms with E-state index in [1.807, 2.05) is 6.20 Å². The molecule has 2 rings (SSSR count). The molecule has 0 unspecified atom stereocenters. The van der Waals surface area contributed by atoms with Crippen LogP contribution >= 0.6 is 27.3 Å². The van der Waals surface area contributed by atoms with Gasteiger partial charge in [-0.2, -0.15) is 5.10 Å². The van der Waals surface area contributed by atoms with E-state index in [9.17, 15) is 0 Å². The van der Waals surface area contributed by atoms with E-state index >= 15 is 0 Å². The highest BCUT2D eigenvalue weighted by molar-refractivity contribution is 9.10. The fourth-order valence-electron chi connectivity index (χ4n) is 1.62. The minimum Gasteiger partial charge on any atom is -0.311 e. The van der Waals surface area contributed by atoms with Gasteiger partial charge in [-0.25, -0.2) is 0 Å². The Morgan fingerprint density at radius 1 is 1.47 bits per heavy atom. The van der Waals surface area contributed by atoms with Gasteiger partial charge in [-0.15, -0.1) is 11.3 Å². The Hall–Kier alpha value is -0.650. The van der Waals surface area contributed by atoms with Crippen molar-refractivity contribution in [1.82, 2.24) is 15.1 Å². The maximum Gasteiger partial charge on any atom is 0.0767 e. The van der Waals surface area contributed by atoms with Crippen molar-refractivity contribution in [3.8, 4) is 0 Å². The summed E-state index contributed by atoms with van der Waals surface area (Å²) in [5.41, 5.74) is 1.23. The third kappa shape index (κ3) is 3.40. The number of hydrogen-bond acceptors (Lipinski definition) is 3. The third-order valence-corrected chi connectivity index (χ3v) is 4.43. The van der Waals surface area contributed by atoms with E-state index in [1.54, 1.807) is 11.3 Å². The summed E-state index contributed by atoms with van der Waals surface area (Å²) in [5, 5.41) is 9.87. The first-order valence-electron chi connectivity index (χ1n) is 5.74. The van der Waals surface area contributed by atoms with Crippen molar-refractivity contribution >= 4 is 27.3 Å². The second-order valence-corrected chi connectivity index (χ2v) is 5.70. The molecule has 0 saturated carbocycles. The molecule has 3 nitrogen and oxygen atoms in total. The zero-order valence-electron chi connectivity index (χ0n) is 9.82. The first kappa shape index (κ1) is 12.8. The third-order valence-electron chi connectivity index (χ3n) is 2.52. The summed E-state index contributed by atoms with van der Waals surface area (Å²) in [6.45, 7) is 4.95. The lowest BCUT2D eigenvalue weighted by Gasteiger charge is -2.07. The summed E-state index contributed by atoms with van der Waals surface area (Å²) in [6.07, 6.45) is 3.02. The van der Waals surface area contributed by atoms with Crippen LogP contribution in [0, 0.1) is 0 Å². The van der Waals surface area contributed by atoms with E-state index in [-0.39, 0.29) is 0 Å². The Bertz CT molecular complexity index is 464. The quantitative estimate of drug-likeness (QED) is 0.830. The highest BCUT2D eigenvalue weighted by atomic mass is 79.9. The zero-order valence-corrected chi connectivity index (χ0v) is 12.2. The van der Waals surface area contributed by atoms with Crippen LogP contribution in [0.15, 0.2) is 28.2 Å². The maximum atomic E-state index is 4.37. The van der Waals surface area contributed by atoms with Gasteiger partial charge in [0, 0.05) is 22.1 Å². The smallest absolute Gasteiger partial charge is 0.0767 e. The Kier molecular flexibility index (Phi) is 4.76. The van der Waals surface area contributed by atoms with Gasteiger partial charge >= 0.3 is 0 Å².